The van der Waals surface area contributed by atoms with Crippen molar-refractivity contribution in [3.05, 3.63) is 60.4 Å². The molecule has 1 N–H and O–H groups in total. The number of hydrogen-bond donors (Lipinski definition) is 1. The van der Waals surface area contributed by atoms with Crippen molar-refractivity contribution in [3.63, 3.8) is 0 Å². The molecule has 0 saturated carbocycles. The maximum Gasteiger partial charge on any atom is 0.255 e. The minimum Gasteiger partial charge on any atom is -0.359 e. The summed E-state index contributed by atoms with van der Waals surface area (Å²) in [6.45, 7) is 1.86. The Morgan fingerprint density at radius 1 is 1.15 bits per heavy atom. The Morgan fingerprint density at radius 2 is 1.88 bits per heavy atom. The number of carbonyl (C=O) groups is 2. The Labute approximate surface area is 152 Å². The molecule has 2 aromatic heterocycles. The molecule has 0 aliphatic carbocycles. The Hall–Kier alpha value is -3.15. The molecule has 0 fully saturated rings. The molecule has 0 aliphatic rings. The van der Waals surface area contributed by atoms with Crippen LogP contribution in [0.1, 0.15) is 23.7 Å². The number of aromatic nitrogens is 2. The maximum atomic E-state index is 12.7. The zero-order chi connectivity index (χ0) is 18.7. The first kappa shape index (κ1) is 17.7. The molecule has 0 unspecified atom stereocenters. The lowest BCUT2D eigenvalue weighted by Crippen LogP contribution is -2.38. The molecular formula is C20H22N4O2. The van der Waals surface area contributed by atoms with Crippen molar-refractivity contribution >= 4 is 17.5 Å². The number of amides is 2. The molecule has 3 rings (SSSR count). The van der Waals surface area contributed by atoms with Crippen molar-refractivity contribution in [2.75, 3.05) is 14.1 Å². The van der Waals surface area contributed by atoms with Crippen LogP contribution in [0.25, 0.3) is 16.9 Å². The molecule has 26 heavy (non-hydrogen) atoms. The van der Waals surface area contributed by atoms with Crippen LogP contribution in [0.4, 0.5) is 0 Å². The summed E-state index contributed by atoms with van der Waals surface area (Å²) in [4.78, 5) is 30.5. The van der Waals surface area contributed by atoms with Gasteiger partial charge in [0.1, 0.15) is 5.65 Å². The lowest BCUT2D eigenvalue weighted by atomic mass is 10.1. The van der Waals surface area contributed by atoms with Crippen LogP contribution < -0.4 is 5.32 Å². The second kappa shape index (κ2) is 7.39. The van der Waals surface area contributed by atoms with E-state index in [1.807, 2.05) is 53.9 Å². The Bertz CT molecular complexity index is 933. The van der Waals surface area contributed by atoms with E-state index in [1.165, 1.54) is 0 Å². The van der Waals surface area contributed by atoms with E-state index in [4.69, 9.17) is 0 Å². The fourth-order valence-corrected chi connectivity index (χ4v) is 2.78. The number of rotatable bonds is 5. The molecule has 0 radical (unpaired) electrons. The average molecular weight is 350 g/mol. The summed E-state index contributed by atoms with van der Waals surface area (Å²) >= 11 is 0. The fraction of sp³-hybridized carbons (Fsp3) is 0.250. The molecule has 2 heterocycles. The number of benzene rings is 1. The third-order valence-corrected chi connectivity index (χ3v) is 4.51. The Kier molecular flexibility index (Phi) is 5.02. The second-order valence-corrected chi connectivity index (χ2v) is 6.32. The van der Waals surface area contributed by atoms with Crippen molar-refractivity contribution in [3.8, 4) is 11.3 Å². The first-order valence-corrected chi connectivity index (χ1v) is 8.51. The van der Waals surface area contributed by atoms with Gasteiger partial charge in [0.05, 0.1) is 11.3 Å². The quantitative estimate of drug-likeness (QED) is 0.769. The maximum absolute atomic E-state index is 12.7. The number of carbonyl (C=O) groups excluding carboxylic acids is 2. The molecule has 0 spiro atoms. The van der Waals surface area contributed by atoms with Crippen LogP contribution in [0.5, 0.6) is 0 Å². The van der Waals surface area contributed by atoms with Gasteiger partial charge in [-0.15, -0.1) is 0 Å². The van der Waals surface area contributed by atoms with Gasteiger partial charge in [-0.05, 0) is 19.1 Å². The summed E-state index contributed by atoms with van der Waals surface area (Å²) in [5, 5.41) is 2.58. The van der Waals surface area contributed by atoms with Gasteiger partial charge in [-0.2, -0.15) is 0 Å². The van der Waals surface area contributed by atoms with Crippen molar-refractivity contribution in [1.82, 2.24) is 19.6 Å². The summed E-state index contributed by atoms with van der Waals surface area (Å²) in [5.74, 6) is -0.215. The molecule has 1 atom stereocenters. The highest BCUT2D eigenvalue weighted by molar-refractivity contribution is 5.94. The van der Waals surface area contributed by atoms with Crippen molar-refractivity contribution in [2.45, 2.75) is 19.4 Å². The summed E-state index contributed by atoms with van der Waals surface area (Å²) in [6.07, 6.45) is 3.96. The predicted molar refractivity (Wildman–Crippen MR) is 101 cm³/mol. The van der Waals surface area contributed by atoms with Crippen molar-refractivity contribution < 1.29 is 9.59 Å². The molecule has 6 heteroatoms. The minimum atomic E-state index is -0.194. The van der Waals surface area contributed by atoms with Crippen molar-refractivity contribution in [1.29, 1.82) is 0 Å². The molecule has 0 bridgehead atoms. The minimum absolute atomic E-state index is 0.0882. The first-order chi connectivity index (χ1) is 12.5. The molecule has 2 amide bonds. The van der Waals surface area contributed by atoms with E-state index in [2.05, 4.69) is 10.3 Å². The van der Waals surface area contributed by atoms with E-state index in [0.29, 0.717) is 5.56 Å². The van der Waals surface area contributed by atoms with Crippen LogP contribution in [0.2, 0.25) is 0 Å². The van der Waals surface area contributed by atoms with Gasteiger partial charge < -0.3 is 14.6 Å². The van der Waals surface area contributed by atoms with Crippen LogP contribution in [-0.2, 0) is 4.79 Å². The molecular weight excluding hydrogens is 328 g/mol. The average Bonchev–Trinajstić information content (AvgIpc) is 3.10. The van der Waals surface area contributed by atoms with Crippen LogP contribution in [0.3, 0.4) is 0 Å². The van der Waals surface area contributed by atoms with E-state index < -0.39 is 0 Å². The van der Waals surface area contributed by atoms with Gasteiger partial charge in [0.2, 0.25) is 5.91 Å². The number of nitrogens with zero attached hydrogens (tertiary/aromatic N) is 3. The van der Waals surface area contributed by atoms with Gasteiger partial charge in [0.25, 0.3) is 5.91 Å². The summed E-state index contributed by atoms with van der Waals surface area (Å²) < 4.78 is 1.85. The Balaban J connectivity index is 1.84. The van der Waals surface area contributed by atoms with Crippen LogP contribution >= 0.6 is 0 Å². The molecule has 0 aliphatic heterocycles. The largest absolute Gasteiger partial charge is 0.359 e. The van der Waals surface area contributed by atoms with Gasteiger partial charge >= 0.3 is 0 Å². The smallest absolute Gasteiger partial charge is 0.255 e. The highest BCUT2D eigenvalue weighted by Crippen LogP contribution is 2.19. The lowest BCUT2D eigenvalue weighted by molar-refractivity contribution is -0.121. The zero-order valence-electron chi connectivity index (χ0n) is 15.1. The monoisotopic (exact) mass is 350 g/mol. The van der Waals surface area contributed by atoms with Gasteiger partial charge in [-0.1, -0.05) is 30.3 Å². The van der Waals surface area contributed by atoms with E-state index in [9.17, 15) is 9.59 Å². The van der Waals surface area contributed by atoms with Crippen LogP contribution in [-0.4, -0.2) is 46.2 Å². The number of nitrogens with one attached hydrogen (secondary N) is 1. The lowest BCUT2D eigenvalue weighted by Gasteiger charge is -2.24. The predicted octanol–water partition coefficient (Wildman–Crippen LogP) is 2.60. The molecule has 0 saturated heterocycles. The van der Waals surface area contributed by atoms with Gasteiger partial charge in [-0.25, -0.2) is 4.98 Å². The van der Waals surface area contributed by atoms with Gasteiger partial charge in [0, 0.05) is 44.5 Å². The molecule has 134 valence electrons. The third-order valence-electron chi connectivity index (χ3n) is 4.51. The van der Waals surface area contributed by atoms with E-state index in [-0.39, 0.29) is 24.3 Å². The fourth-order valence-electron chi connectivity index (χ4n) is 2.78. The highest BCUT2D eigenvalue weighted by Gasteiger charge is 2.20. The topological polar surface area (TPSA) is 66.7 Å². The second-order valence-electron chi connectivity index (χ2n) is 6.32. The number of pyridine rings is 1. The van der Waals surface area contributed by atoms with Crippen LogP contribution in [0.15, 0.2) is 54.9 Å². The highest BCUT2D eigenvalue weighted by atomic mass is 16.2. The molecule has 6 nitrogen and oxygen atoms in total. The van der Waals surface area contributed by atoms with Crippen molar-refractivity contribution in [2.24, 2.45) is 0 Å². The van der Waals surface area contributed by atoms with E-state index in [0.717, 1.165) is 16.9 Å². The first-order valence-electron chi connectivity index (χ1n) is 8.51. The standard InChI is InChI=1S/C20H22N4O2/c1-14(11-19(25)21-2)23(3)20(26)16-9-10-18-22-17(13-24(18)12-16)15-7-5-4-6-8-15/h4-10,12-14H,11H2,1-3H3,(H,21,25)/t14-/m0/s1. The number of fused-ring (bicyclic) bond motifs is 1. The Morgan fingerprint density at radius 3 is 2.58 bits per heavy atom. The summed E-state index contributed by atoms with van der Waals surface area (Å²) in [7, 11) is 3.30. The SMILES string of the molecule is CNC(=O)C[C@H](C)N(C)C(=O)c1ccc2nc(-c3ccccc3)cn2c1. The van der Waals surface area contributed by atoms with Crippen LogP contribution in [0, 0.1) is 0 Å². The summed E-state index contributed by atoms with van der Waals surface area (Å²) in [5.41, 5.74) is 3.22. The number of imidazole rings is 1. The van der Waals surface area contributed by atoms with E-state index in [1.54, 1.807) is 31.3 Å². The normalized spacial score (nSPS) is 12.0. The van der Waals surface area contributed by atoms with Gasteiger partial charge in [0.15, 0.2) is 0 Å². The third kappa shape index (κ3) is 3.59. The molecule has 1 aromatic carbocycles. The number of hydrogen-bond acceptors (Lipinski definition) is 3. The van der Waals surface area contributed by atoms with E-state index >= 15 is 0 Å². The molecule has 3 aromatic rings. The van der Waals surface area contributed by atoms with Gasteiger partial charge in [-0.3, -0.25) is 9.59 Å². The zero-order valence-corrected chi connectivity index (χ0v) is 15.1. The summed E-state index contributed by atoms with van der Waals surface area (Å²) in [6, 6.07) is 13.3.